The second kappa shape index (κ2) is 6.60. The number of nitrogens with one attached hydrogen (secondary N) is 1. The van der Waals surface area contributed by atoms with Crippen molar-refractivity contribution >= 4 is 10.0 Å². The smallest absolute Gasteiger partial charge is 0.208 e. The Balaban J connectivity index is 2.40. The first-order valence-electron chi connectivity index (χ1n) is 7.06. The van der Waals surface area contributed by atoms with Crippen LogP contribution in [-0.4, -0.2) is 31.9 Å². The quantitative estimate of drug-likeness (QED) is 0.857. The lowest BCUT2D eigenvalue weighted by Crippen LogP contribution is -2.45. The van der Waals surface area contributed by atoms with E-state index in [1.54, 1.807) is 6.92 Å². The van der Waals surface area contributed by atoms with E-state index >= 15 is 0 Å². The third-order valence-electron chi connectivity index (χ3n) is 3.58. The Morgan fingerprint density at radius 1 is 1.00 bits per heavy atom. The average molecular weight is 319 g/mol. The number of benzene rings is 2. The minimum Gasteiger partial charge on any atom is -0.388 e. The highest BCUT2D eigenvalue weighted by molar-refractivity contribution is 7.88. The predicted octanol–water partition coefficient (Wildman–Crippen LogP) is 2.12. The highest BCUT2D eigenvalue weighted by atomic mass is 32.2. The van der Waals surface area contributed by atoms with Gasteiger partial charge in [-0.1, -0.05) is 60.7 Å². The van der Waals surface area contributed by atoms with Crippen LogP contribution in [0.4, 0.5) is 0 Å². The molecule has 0 aliphatic carbocycles. The number of hydrogen-bond donors (Lipinski definition) is 2. The van der Waals surface area contributed by atoms with Crippen LogP contribution >= 0.6 is 0 Å². The van der Waals surface area contributed by atoms with Crippen LogP contribution in [0.3, 0.4) is 0 Å². The third kappa shape index (κ3) is 4.40. The van der Waals surface area contributed by atoms with E-state index < -0.39 is 15.6 Å². The highest BCUT2D eigenvalue weighted by Crippen LogP contribution is 2.34. The molecular formula is C17H21NO3S. The zero-order chi connectivity index (χ0) is 16.2. The largest absolute Gasteiger partial charge is 0.388 e. The van der Waals surface area contributed by atoms with E-state index in [4.69, 9.17) is 0 Å². The van der Waals surface area contributed by atoms with Crippen molar-refractivity contribution < 1.29 is 13.5 Å². The van der Waals surface area contributed by atoms with Crippen molar-refractivity contribution in [3.8, 4) is 0 Å². The maximum Gasteiger partial charge on any atom is 0.208 e. The summed E-state index contributed by atoms with van der Waals surface area (Å²) < 4.78 is 25.1. The lowest BCUT2D eigenvalue weighted by atomic mass is 9.78. The molecule has 0 saturated heterocycles. The summed E-state index contributed by atoms with van der Waals surface area (Å²) in [6.07, 6.45) is 1.09. The molecule has 2 rings (SSSR count). The van der Waals surface area contributed by atoms with Gasteiger partial charge in [0.2, 0.25) is 10.0 Å². The van der Waals surface area contributed by atoms with E-state index in [0.29, 0.717) is 0 Å². The van der Waals surface area contributed by atoms with Crippen molar-refractivity contribution in [1.82, 2.24) is 4.72 Å². The first-order valence-corrected chi connectivity index (χ1v) is 8.96. The van der Waals surface area contributed by atoms with Crippen molar-refractivity contribution in [3.05, 3.63) is 71.8 Å². The molecule has 1 atom stereocenters. The summed E-state index contributed by atoms with van der Waals surface area (Å²) in [4.78, 5) is 0. The minimum atomic E-state index is -3.37. The Bertz CT molecular complexity index is 658. The minimum absolute atomic E-state index is 0.0553. The second-order valence-electron chi connectivity index (χ2n) is 5.70. The summed E-state index contributed by atoms with van der Waals surface area (Å²) >= 11 is 0. The van der Waals surface area contributed by atoms with Gasteiger partial charge in [-0.15, -0.1) is 0 Å². The zero-order valence-electron chi connectivity index (χ0n) is 12.7. The highest BCUT2D eigenvalue weighted by Gasteiger charge is 2.34. The van der Waals surface area contributed by atoms with Crippen molar-refractivity contribution in [2.24, 2.45) is 0 Å². The molecule has 0 spiro atoms. The maximum atomic E-state index is 11.4. The van der Waals surface area contributed by atoms with Crippen LogP contribution in [0, 0.1) is 0 Å². The topological polar surface area (TPSA) is 66.4 Å². The van der Waals surface area contributed by atoms with Crippen LogP contribution in [0.1, 0.15) is 24.0 Å². The van der Waals surface area contributed by atoms with Gasteiger partial charge in [-0.3, -0.25) is 0 Å². The van der Waals surface area contributed by atoms with Crippen LogP contribution in [0.25, 0.3) is 0 Å². The molecule has 0 amide bonds. The lowest BCUT2D eigenvalue weighted by Gasteiger charge is -2.34. The summed E-state index contributed by atoms with van der Waals surface area (Å²) in [6, 6.07) is 19.2. The van der Waals surface area contributed by atoms with E-state index in [2.05, 4.69) is 4.72 Å². The molecule has 0 aromatic heterocycles. The van der Waals surface area contributed by atoms with Gasteiger partial charge in [0.25, 0.3) is 0 Å². The summed E-state index contributed by atoms with van der Waals surface area (Å²) in [5.74, 6) is -0.329. The Morgan fingerprint density at radius 2 is 1.41 bits per heavy atom. The standard InChI is InChI=1S/C17H21NO3S/c1-17(19,13-18-22(2,20)21)16(14-9-5-3-6-10-14)15-11-7-4-8-12-15/h3-12,16,18-19H,13H2,1-2H3/t17-/m0/s1. The van der Waals surface area contributed by atoms with Crippen molar-refractivity contribution in [2.75, 3.05) is 12.8 Å². The van der Waals surface area contributed by atoms with Gasteiger partial charge >= 0.3 is 0 Å². The SMILES string of the molecule is C[C@](O)(CNS(C)(=O)=O)C(c1ccccc1)c1ccccc1. The molecule has 0 fully saturated rings. The molecule has 22 heavy (non-hydrogen) atoms. The summed E-state index contributed by atoms with van der Waals surface area (Å²) in [5.41, 5.74) is 0.620. The summed E-state index contributed by atoms with van der Waals surface area (Å²) in [6.45, 7) is 1.59. The molecule has 0 unspecified atom stereocenters. The van der Waals surface area contributed by atoms with E-state index in [1.807, 2.05) is 60.7 Å². The first kappa shape index (κ1) is 16.7. The van der Waals surface area contributed by atoms with Crippen LogP contribution in [0.5, 0.6) is 0 Å². The van der Waals surface area contributed by atoms with E-state index in [-0.39, 0.29) is 12.5 Å². The number of aliphatic hydroxyl groups is 1. The average Bonchev–Trinajstić information content (AvgIpc) is 2.47. The molecule has 0 radical (unpaired) electrons. The number of sulfonamides is 1. The second-order valence-corrected chi connectivity index (χ2v) is 7.54. The molecule has 0 aliphatic rings. The summed E-state index contributed by atoms with van der Waals surface area (Å²) in [5, 5.41) is 10.9. The summed E-state index contributed by atoms with van der Waals surface area (Å²) in [7, 11) is -3.37. The third-order valence-corrected chi connectivity index (χ3v) is 4.25. The van der Waals surface area contributed by atoms with Gasteiger partial charge in [0, 0.05) is 12.5 Å². The molecule has 0 aliphatic heterocycles. The Kier molecular flexibility index (Phi) is 5.01. The molecule has 2 N–H and O–H groups in total. The zero-order valence-corrected chi connectivity index (χ0v) is 13.5. The van der Waals surface area contributed by atoms with E-state index in [9.17, 15) is 13.5 Å². The Morgan fingerprint density at radius 3 is 1.77 bits per heavy atom. The predicted molar refractivity (Wildman–Crippen MR) is 88.2 cm³/mol. The van der Waals surface area contributed by atoms with Crippen LogP contribution in [0.15, 0.2) is 60.7 Å². The molecule has 118 valence electrons. The van der Waals surface area contributed by atoms with Crippen LogP contribution in [-0.2, 0) is 10.0 Å². The van der Waals surface area contributed by atoms with Gasteiger partial charge in [0.1, 0.15) is 0 Å². The molecule has 0 heterocycles. The molecule has 4 nitrogen and oxygen atoms in total. The fourth-order valence-electron chi connectivity index (χ4n) is 2.58. The van der Waals surface area contributed by atoms with Gasteiger partial charge in [-0.25, -0.2) is 13.1 Å². The monoisotopic (exact) mass is 319 g/mol. The molecule has 2 aromatic carbocycles. The molecule has 2 aromatic rings. The van der Waals surface area contributed by atoms with Gasteiger partial charge in [-0.05, 0) is 18.1 Å². The Hall–Kier alpha value is -1.69. The number of rotatable bonds is 6. The van der Waals surface area contributed by atoms with Crippen molar-refractivity contribution in [3.63, 3.8) is 0 Å². The molecule has 0 bridgehead atoms. The fourth-order valence-corrected chi connectivity index (χ4v) is 3.14. The van der Waals surface area contributed by atoms with Crippen molar-refractivity contribution in [1.29, 1.82) is 0 Å². The van der Waals surface area contributed by atoms with Crippen molar-refractivity contribution in [2.45, 2.75) is 18.4 Å². The van der Waals surface area contributed by atoms with E-state index in [1.165, 1.54) is 0 Å². The van der Waals surface area contributed by atoms with Gasteiger partial charge in [-0.2, -0.15) is 0 Å². The van der Waals surface area contributed by atoms with E-state index in [0.717, 1.165) is 17.4 Å². The lowest BCUT2D eigenvalue weighted by molar-refractivity contribution is 0.0481. The van der Waals surface area contributed by atoms with Gasteiger partial charge in [0.15, 0.2) is 0 Å². The fraction of sp³-hybridized carbons (Fsp3) is 0.294. The van der Waals surface area contributed by atoms with Gasteiger partial charge < -0.3 is 5.11 Å². The normalized spacial score (nSPS) is 14.7. The molecule has 5 heteroatoms. The number of hydrogen-bond acceptors (Lipinski definition) is 3. The molecular weight excluding hydrogens is 298 g/mol. The first-order chi connectivity index (χ1) is 10.3. The van der Waals surface area contributed by atoms with Crippen LogP contribution in [0.2, 0.25) is 0 Å². The maximum absolute atomic E-state index is 11.4. The van der Waals surface area contributed by atoms with Gasteiger partial charge in [0.05, 0.1) is 11.9 Å². The Labute approximate surface area is 131 Å². The molecule has 0 saturated carbocycles. The van der Waals surface area contributed by atoms with Crippen LogP contribution < -0.4 is 4.72 Å².